The molecule has 4 rings (SSSR count). The minimum absolute atomic E-state index is 0.144. The van der Waals surface area contributed by atoms with Crippen molar-refractivity contribution in [2.75, 3.05) is 54.9 Å². The summed E-state index contributed by atoms with van der Waals surface area (Å²) in [5.74, 6) is 3.48. The fraction of sp³-hybridized carbons (Fsp3) is 0.484. The zero-order valence-corrected chi connectivity index (χ0v) is 25.5. The maximum Gasteiger partial charge on any atom is 0.205 e. The van der Waals surface area contributed by atoms with Gasteiger partial charge in [0, 0.05) is 61.3 Å². The highest BCUT2D eigenvalue weighted by Gasteiger charge is 2.28. The van der Waals surface area contributed by atoms with Crippen molar-refractivity contribution in [3.63, 3.8) is 0 Å². The third-order valence-corrected chi connectivity index (χ3v) is 6.98. The lowest BCUT2D eigenvalue weighted by molar-refractivity contribution is 0.416. The first-order valence-electron chi connectivity index (χ1n) is 14.5. The normalized spacial score (nSPS) is 18.7. The molecule has 0 aromatic heterocycles. The Morgan fingerprint density at radius 3 is 1.95 bits per heavy atom. The van der Waals surface area contributed by atoms with Crippen LogP contribution in [0.2, 0.25) is 0 Å². The van der Waals surface area contributed by atoms with Crippen LogP contribution in [0, 0.1) is 0 Å². The van der Waals surface area contributed by atoms with Crippen LogP contribution in [0.1, 0.15) is 30.9 Å². The van der Waals surface area contributed by atoms with Crippen LogP contribution >= 0.6 is 0 Å². The summed E-state index contributed by atoms with van der Waals surface area (Å²) in [5.41, 5.74) is 2.65. The second-order valence-corrected chi connectivity index (χ2v) is 10.8. The molecular weight excluding hydrogens is 512 g/mol. The zero-order valence-electron chi connectivity index (χ0n) is 25.5. The van der Waals surface area contributed by atoms with E-state index in [4.69, 9.17) is 20.0 Å². The Bertz CT molecular complexity index is 1220. The molecule has 2 aromatic carbocycles. The molecule has 0 saturated carbocycles. The van der Waals surface area contributed by atoms with E-state index >= 15 is 0 Å². The van der Waals surface area contributed by atoms with Gasteiger partial charge in [0.25, 0.3) is 0 Å². The van der Waals surface area contributed by atoms with Crippen molar-refractivity contribution in [2.24, 2.45) is 20.0 Å². The SMILES string of the molecule is CC1N=C(NCCc2ccccc2)N(CCC2N=C(NCCCc3ccccc3)N(C)C(N(C)C)=N2)C(N(C)C)=N1. The van der Waals surface area contributed by atoms with Gasteiger partial charge in [-0.15, -0.1) is 0 Å². The van der Waals surface area contributed by atoms with Crippen LogP contribution in [0.15, 0.2) is 80.6 Å². The van der Waals surface area contributed by atoms with Crippen LogP contribution in [-0.2, 0) is 12.8 Å². The van der Waals surface area contributed by atoms with Gasteiger partial charge in [0.2, 0.25) is 23.8 Å². The highest BCUT2D eigenvalue weighted by molar-refractivity contribution is 6.00. The van der Waals surface area contributed by atoms with Crippen molar-refractivity contribution >= 4 is 23.8 Å². The number of nitrogens with one attached hydrogen (secondary N) is 2. The first kappa shape index (κ1) is 29.9. The molecule has 2 aliphatic heterocycles. The van der Waals surface area contributed by atoms with Crippen molar-refractivity contribution in [1.29, 1.82) is 0 Å². The van der Waals surface area contributed by atoms with E-state index in [0.717, 1.165) is 62.6 Å². The third-order valence-electron chi connectivity index (χ3n) is 6.98. The first-order chi connectivity index (χ1) is 19.8. The van der Waals surface area contributed by atoms with Gasteiger partial charge in [0.05, 0.1) is 0 Å². The summed E-state index contributed by atoms with van der Waals surface area (Å²) in [4.78, 5) is 28.0. The number of aliphatic imine (C=N–C) groups is 4. The maximum absolute atomic E-state index is 5.01. The Balaban J connectivity index is 1.41. The van der Waals surface area contributed by atoms with E-state index in [1.165, 1.54) is 11.1 Å². The van der Waals surface area contributed by atoms with Crippen LogP contribution in [-0.4, -0.2) is 111 Å². The molecule has 0 aliphatic carbocycles. The van der Waals surface area contributed by atoms with E-state index in [1.54, 1.807) is 0 Å². The maximum atomic E-state index is 5.01. The van der Waals surface area contributed by atoms with Crippen LogP contribution < -0.4 is 10.6 Å². The van der Waals surface area contributed by atoms with Crippen LogP contribution in [0.5, 0.6) is 0 Å². The van der Waals surface area contributed by atoms with E-state index in [-0.39, 0.29) is 12.3 Å². The molecule has 0 spiro atoms. The quantitative estimate of drug-likeness (QED) is 0.436. The highest BCUT2D eigenvalue weighted by Crippen LogP contribution is 2.15. The van der Waals surface area contributed by atoms with Crippen molar-refractivity contribution in [3.05, 3.63) is 71.8 Å². The lowest BCUT2D eigenvalue weighted by Crippen LogP contribution is -2.54. The van der Waals surface area contributed by atoms with E-state index < -0.39 is 0 Å². The molecule has 10 heteroatoms. The van der Waals surface area contributed by atoms with Gasteiger partial charge in [-0.1, -0.05) is 60.7 Å². The highest BCUT2D eigenvalue weighted by atomic mass is 15.5. The molecule has 0 radical (unpaired) electrons. The van der Waals surface area contributed by atoms with Gasteiger partial charge in [0.1, 0.15) is 12.3 Å². The minimum Gasteiger partial charge on any atom is -0.356 e. The standard InChI is InChI=1S/C31H46N10/c1-24-34-29(33-22-19-26-16-11-8-12-17-26)41(31(35-24)39(4)5)23-20-27-36-28(40(6)30(37-27)38(2)3)32-21-13-18-25-14-9-7-10-15-25/h7-12,14-17,24,27H,13,18-23H2,1-6H3,(H,32,36)(H,33,34). The van der Waals surface area contributed by atoms with Gasteiger partial charge < -0.3 is 20.4 Å². The fourth-order valence-electron chi connectivity index (χ4n) is 4.94. The number of aryl methyl sites for hydroxylation is 1. The number of rotatable bonds is 10. The van der Waals surface area contributed by atoms with Gasteiger partial charge in [-0.05, 0) is 37.3 Å². The second-order valence-electron chi connectivity index (χ2n) is 10.8. The van der Waals surface area contributed by atoms with Crippen LogP contribution in [0.4, 0.5) is 0 Å². The van der Waals surface area contributed by atoms with Gasteiger partial charge in [-0.3, -0.25) is 9.80 Å². The summed E-state index contributed by atoms with van der Waals surface area (Å²) in [6, 6.07) is 21.1. The molecule has 10 nitrogen and oxygen atoms in total. The number of guanidine groups is 4. The summed E-state index contributed by atoms with van der Waals surface area (Å²) >= 11 is 0. The minimum atomic E-state index is -0.214. The van der Waals surface area contributed by atoms with E-state index in [2.05, 4.69) is 75.0 Å². The number of benzene rings is 2. The Labute approximate surface area is 245 Å². The van der Waals surface area contributed by atoms with Gasteiger partial charge in [0.15, 0.2) is 0 Å². The second kappa shape index (κ2) is 14.5. The van der Waals surface area contributed by atoms with Gasteiger partial charge >= 0.3 is 0 Å². The van der Waals surface area contributed by atoms with Crippen molar-refractivity contribution in [1.82, 2.24) is 30.2 Å². The van der Waals surface area contributed by atoms with Crippen LogP contribution in [0.25, 0.3) is 0 Å². The van der Waals surface area contributed by atoms with E-state index in [1.807, 2.05) is 58.0 Å². The van der Waals surface area contributed by atoms with Crippen molar-refractivity contribution in [2.45, 2.75) is 44.9 Å². The Morgan fingerprint density at radius 2 is 1.32 bits per heavy atom. The Kier molecular flexibility index (Phi) is 10.6. The van der Waals surface area contributed by atoms with E-state index in [0.29, 0.717) is 6.54 Å². The number of hydrogen-bond donors (Lipinski definition) is 2. The molecule has 2 aromatic rings. The summed E-state index contributed by atoms with van der Waals surface area (Å²) in [7, 11) is 10.1. The molecule has 2 aliphatic rings. The molecule has 0 fully saturated rings. The monoisotopic (exact) mass is 558 g/mol. The predicted molar refractivity (Wildman–Crippen MR) is 170 cm³/mol. The van der Waals surface area contributed by atoms with Crippen molar-refractivity contribution < 1.29 is 0 Å². The summed E-state index contributed by atoms with van der Waals surface area (Å²) in [6.45, 7) is 4.34. The number of nitrogens with zero attached hydrogens (tertiary/aromatic N) is 8. The topological polar surface area (TPSA) is 86.5 Å². The van der Waals surface area contributed by atoms with Crippen LogP contribution in [0.3, 0.4) is 0 Å². The van der Waals surface area contributed by atoms with E-state index in [9.17, 15) is 0 Å². The molecule has 2 atom stereocenters. The average Bonchev–Trinajstić information content (AvgIpc) is 2.96. The fourth-order valence-corrected chi connectivity index (χ4v) is 4.94. The molecule has 41 heavy (non-hydrogen) atoms. The summed E-state index contributed by atoms with van der Waals surface area (Å²) in [6.07, 6.45) is 3.34. The molecule has 220 valence electrons. The van der Waals surface area contributed by atoms with Gasteiger partial charge in [-0.25, -0.2) is 20.0 Å². The number of hydrogen-bond acceptors (Lipinski definition) is 10. The van der Waals surface area contributed by atoms with Gasteiger partial charge in [-0.2, -0.15) is 0 Å². The van der Waals surface area contributed by atoms with Crippen molar-refractivity contribution in [3.8, 4) is 0 Å². The summed E-state index contributed by atoms with van der Waals surface area (Å²) < 4.78 is 0. The molecular formula is C31H46N10. The predicted octanol–water partition coefficient (Wildman–Crippen LogP) is 2.91. The Hall–Kier alpha value is -4.08. The molecule has 0 amide bonds. The average molecular weight is 559 g/mol. The third kappa shape index (κ3) is 8.45. The molecule has 0 saturated heterocycles. The zero-order chi connectivity index (χ0) is 29.2. The summed E-state index contributed by atoms with van der Waals surface area (Å²) in [5, 5.41) is 7.15. The Morgan fingerprint density at radius 1 is 0.707 bits per heavy atom. The first-order valence-corrected chi connectivity index (χ1v) is 14.5. The molecule has 2 N–H and O–H groups in total. The lowest BCUT2D eigenvalue weighted by atomic mass is 10.1. The smallest absolute Gasteiger partial charge is 0.205 e. The molecule has 2 heterocycles. The lowest BCUT2D eigenvalue weighted by Gasteiger charge is -2.36. The largest absolute Gasteiger partial charge is 0.356 e. The molecule has 2 unspecified atom stereocenters. The molecule has 0 bridgehead atoms.